The van der Waals surface area contributed by atoms with Crippen molar-refractivity contribution in [3.05, 3.63) is 53.2 Å². The predicted molar refractivity (Wildman–Crippen MR) is 79.1 cm³/mol. The molecule has 21 heavy (non-hydrogen) atoms. The number of pyridine rings is 1. The third-order valence-electron chi connectivity index (χ3n) is 2.88. The zero-order valence-electron chi connectivity index (χ0n) is 11.1. The van der Waals surface area contributed by atoms with E-state index >= 15 is 0 Å². The molecule has 0 saturated carbocycles. The summed E-state index contributed by atoms with van der Waals surface area (Å²) in [6.45, 7) is 0. The Morgan fingerprint density at radius 1 is 1.24 bits per heavy atom. The number of aromatic nitrogens is 3. The molecule has 1 N–H and O–H groups in total. The third kappa shape index (κ3) is 2.66. The molecule has 0 fully saturated rings. The number of rotatable bonds is 3. The number of anilines is 2. The molecule has 1 aromatic carbocycles. The minimum absolute atomic E-state index is 0.376. The monoisotopic (exact) mass is 302 g/mol. The van der Waals surface area contributed by atoms with E-state index in [4.69, 9.17) is 11.6 Å². The quantitative estimate of drug-likeness (QED) is 0.595. The van der Waals surface area contributed by atoms with Gasteiger partial charge < -0.3 is 10.1 Å². The molecule has 0 aliphatic rings. The average molecular weight is 303 g/mol. The van der Waals surface area contributed by atoms with E-state index in [-0.39, 0.29) is 5.97 Å². The molecule has 0 aliphatic heterocycles. The van der Waals surface area contributed by atoms with Crippen LogP contribution >= 0.6 is 11.6 Å². The van der Waals surface area contributed by atoms with Crippen LogP contribution < -0.4 is 5.32 Å². The van der Waals surface area contributed by atoms with Crippen LogP contribution in [0.5, 0.6) is 0 Å². The van der Waals surface area contributed by atoms with Crippen LogP contribution in [-0.2, 0) is 4.74 Å². The van der Waals surface area contributed by atoms with Gasteiger partial charge in [-0.05, 0) is 36.4 Å². The Bertz CT molecular complexity index is 798. The van der Waals surface area contributed by atoms with Crippen LogP contribution in [0.15, 0.2) is 42.5 Å². The lowest BCUT2D eigenvalue weighted by atomic mass is 10.2. The molecule has 106 valence electrons. The van der Waals surface area contributed by atoms with E-state index in [0.717, 1.165) is 5.69 Å². The van der Waals surface area contributed by atoms with Crippen molar-refractivity contribution in [1.29, 1.82) is 0 Å². The Morgan fingerprint density at radius 3 is 2.67 bits per heavy atom. The fraction of sp³-hybridized carbons (Fsp3) is 0.0714. The number of fused-ring (bicyclic) bond motifs is 1. The van der Waals surface area contributed by atoms with Crippen LogP contribution in [0.25, 0.3) is 5.65 Å². The number of carbonyl (C=O) groups is 1. The van der Waals surface area contributed by atoms with Crippen molar-refractivity contribution in [1.82, 2.24) is 14.6 Å². The van der Waals surface area contributed by atoms with Gasteiger partial charge in [-0.3, -0.25) is 0 Å². The summed E-state index contributed by atoms with van der Waals surface area (Å²) in [5.74, 6) is 0.0492. The van der Waals surface area contributed by atoms with Crippen LogP contribution in [-0.4, -0.2) is 27.7 Å². The first-order valence-corrected chi connectivity index (χ1v) is 6.52. The SMILES string of the molecule is COC(=O)c1ccc(Nc2nc3cccc(Cl)n3n2)cc1. The Hall–Kier alpha value is -2.60. The zero-order chi connectivity index (χ0) is 14.8. The Kier molecular flexibility index (Phi) is 3.45. The highest BCUT2D eigenvalue weighted by Crippen LogP contribution is 2.17. The highest BCUT2D eigenvalue weighted by atomic mass is 35.5. The number of nitrogens with one attached hydrogen (secondary N) is 1. The molecule has 6 nitrogen and oxygen atoms in total. The van der Waals surface area contributed by atoms with E-state index < -0.39 is 0 Å². The summed E-state index contributed by atoms with van der Waals surface area (Å²) in [5, 5.41) is 7.78. The Balaban J connectivity index is 1.85. The lowest BCUT2D eigenvalue weighted by Crippen LogP contribution is -2.01. The summed E-state index contributed by atoms with van der Waals surface area (Å²) in [6.07, 6.45) is 0. The number of carbonyl (C=O) groups excluding carboxylic acids is 1. The second kappa shape index (κ2) is 5.41. The van der Waals surface area contributed by atoms with E-state index in [9.17, 15) is 4.79 Å². The number of methoxy groups -OCH3 is 1. The Morgan fingerprint density at radius 2 is 2.00 bits per heavy atom. The summed E-state index contributed by atoms with van der Waals surface area (Å²) >= 11 is 6.03. The van der Waals surface area contributed by atoms with Crippen LogP contribution in [0.1, 0.15) is 10.4 Å². The van der Waals surface area contributed by atoms with Crippen molar-refractivity contribution in [2.24, 2.45) is 0 Å². The lowest BCUT2D eigenvalue weighted by molar-refractivity contribution is 0.0601. The number of hydrogen-bond donors (Lipinski definition) is 1. The highest BCUT2D eigenvalue weighted by Gasteiger charge is 2.07. The summed E-state index contributed by atoms with van der Waals surface area (Å²) in [4.78, 5) is 15.7. The standard InChI is InChI=1S/C14H11ClN4O2/c1-21-13(20)9-5-7-10(8-6-9)16-14-17-12-4-2-3-11(15)19(12)18-14/h2-8H,1H3,(H,16,18). The number of halogens is 1. The van der Waals surface area contributed by atoms with Crippen molar-refractivity contribution < 1.29 is 9.53 Å². The van der Waals surface area contributed by atoms with E-state index in [1.807, 2.05) is 6.07 Å². The molecule has 0 radical (unpaired) electrons. The predicted octanol–water partition coefficient (Wildman–Crippen LogP) is 2.91. The molecule has 0 amide bonds. The first-order valence-electron chi connectivity index (χ1n) is 6.14. The molecule has 0 aliphatic carbocycles. The smallest absolute Gasteiger partial charge is 0.337 e. The molecule has 7 heteroatoms. The maximum Gasteiger partial charge on any atom is 0.337 e. The maximum absolute atomic E-state index is 11.4. The van der Waals surface area contributed by atoms with Gasteiger partial charge in [-0.15, -0.1) is 5.10 Å². The first-order chi connectivity index (χ1) is 10.2. The minimum Gasteiger partial charge on any atom is -0.465 e. The van der Waals surface area contributed by atoms with E-state index in [1.165, 1.54) is 11.6 Å². The van der Waals surface area contributed by atoms with Crippen LogP contribution in [0.2, 0.25) is 5.15 Å². The second-order valence-corrected chi connectivity index (χ2v) is 4.64. The van der Waals surface area contributed by atoms with Crippen LogP contribution in [0.3, 0.4) is 0 Å². The summed E-state index contributed by atoms with van der Waals surface area (Å²) in [5.41, 5.74) is 1.89. The van der Waals surface area contributed by atoms with Gasteiger partial charge in [0.2, 0.25) is 5.95 Å². The minimum atomic E-state index is -0.376. The van der Waals surface area contributed by atoms with E-state index in [2.05, 4.69) is 20.1 Å². The van der Waals surface area contributed by atoms with E-state index in [0.29, 0.717) is 22.3 Å². The molecule has 0 unspecified atom stereocenters. The number of ether oxygens (including phenoxy) is 1. The van der Waals surface area contributed by atoms with Gasteiger partial charge in [0.1, 0.15) is 5.15 Å². The lowest BCUT2D eigenvalue weighted by Gasteiger charge is -2.03. The number of nitrogens with zero attached hydrogens (tertiary/aromatic N) is 3. The second-order valence-electron chi connectivity index (χ2n) is 4.25. The van der Waals surface area contributed by atoms with Crippen molar-refractivity contribution in [2.45, 2.75) is 0 Å². The molecule has 0 atom stereocenters. The zero-order valence-corrected chi connectivity index (χ0v) is 11.8. The van der Waals surface area contributed by atoms with Crippen molar-refractivity contribution in [2.75, 3.05) is 12.4 Å². The summed E-state index contributed by atoms with van der Waals surface area (Å²) in [6, 6.07) is 12.2. The molecule has 0 bridgehead atoms. The van der Waals surface area contributed by atoms with Gasteiger partial charge in [0, 0.05) is 5.69 Å². The highest BCUT2D eigenvalue weighted by molar-refractivity contribution is 6.29. The van der Waals surface area contributed by atoms with E-state index in [1.54, 1.807) is 36.4 Å². The Labute approximate surface area is 125 Å². The third-order valence-corrected chi connectivity index (χ3v) is 3.16. The fourth-order valence-corrected chi connectivity index (χ4v) is 2.06. The molecular formula is C14H11ClN4O2. The number of esters is 1. The first kappa shape index (κ1) is 13.4. The molecule has 2 heterocycles. The molecule has 0 spiro atoms. The number of hydrogen-bond acceptors (Lipinski definition) is 5. The van der Waals surface area contributed by atoms with Gasteiger partial charge in [0.05, 0.1) is 12.7 Å². The molecule has 3 aromatic rings. The normalized spacial score (nSPS) is 10.6. The number of benzene rings is 1. The fourth-order valence-electron chi connectivity index (χ4n) is 1.86. The van der Waals surface area contributed by atoms with Crippen molar-refractivity contribution in [3.8, 4) is 0 Å². The van der Waals surface area contributed by atoms with Gasteiger partial charge in [-0.25, -0.2) is 9.31 Å². The van der Waals surface area contributed by atoms with Gasteiger partial charge in [0.25, 0.3) is 0 Å². The van der Waals surface area contributed by atoms with Gasteiger partial charge in [0.15, 0.2) is 5.65 Å². The molecule has 2 aromatic heterocycles. The summed E-state index contributed by atoms with van der Waals surface area (Å²) in [7, 11) is 1.35. The van der Waals surface area contributed by atoms with Gasteiger partial charge in [-0.1, -0.05) is 17.7 Å². The van der Waals surface area contributed by atoms with Crippen LogP contribution in [0, 0.1) is 0 Å². The van der Waals surface area contributed by atoms with Crippen molar-refractivity contribution in [3.63, 3.8) is 0 Å². The van der Waals surface area contributed by atoms with Crippen molar-refractivity contribution >= 4 is 34.9 Å². The summed E-state index contributed by atoms with van der Waals surface area (Å²) < 4.78 is 6.18. The van der Waals surface area contributed by atoms with Crippen LogP contribution in [0.4, 0.5) is 11.6 Å². The van der Waals surface area contributed by atoms with Gasteiger partial charge >= 0.3 is 5.97 Å². The maximum atomic E-state index is 11.4. The average Bonchev–Trinajstić information content (AvgIpc) is 2.91. The molecule has 0 saturated heterocycles. The topological polar surface area (TPSA) is 68.5 Å². The molecular weight excluding hydrogens is 292 g/mol. The van der Waals surface area contributed by atoms with Gasteiger partial charge in [-0.2, -0.15) is 4.98 Å². The molecule has 3 rings (SSSR count). The largest absolute Gasteiger partial charge is 0.465 e.